The summed E-state index contributed by atoms with van der Waals surface area (Å²) in [6, 6.07) is 37.3. The Morgan fingerprint density at radius 2 is 1.29 bits per heavy atom. The fourth-order valence-electron chi connectivity index (χ4n) is 4.71. The molecule has 35 heavy (non-hydrogen) atoms. The van der Waals surface area contributed by atoms with Crippen molar-refractivity contribution in [3.05, 3.63) is 115 Å². The second kappa shape index (κ2) is 8.48. The molecule has 0 aliphatic heterocycles. The van der Waals surface area contributed by atoms with Gasteiger partial charge < -0.3 is 0 Å². The number of aromatic nitrogens is 1. The van der Waals surface area contributed by atoms with E-state index in [1.807, 2.05) is 17.5 Å². The lowest BCUT2D eigenvalue weighted by molar-refractivity contribution is 0.589. The number of nitrogens with zero attached hydrogens (tertiary/aromatic N) is 1. The van der Waals surface area contributed by atoms with Gasteiger partial charge in [-0.3, -0.25) is 4.98 Å². The Bertz CT molecular complexity index is 1650. The van der Waals surface area contributed by atoms with Crippen LogP contribution in [-0.4, -0.2) is 4.98 Å². The SMILES string of the molecule is CC(C)(C)c1ccnc(-c2cccc3c2sc2ccc(-c4ccc(-c5ccccc5)cc4)cc23)c1. The molecule has 0 unspecified atom stereocenters. The molecule has 2 heteroatoms. The lowest BCUT2D eigenvalue weighted by Gasteiger charge is -2.19. The van der Waals surface area contributed by atoms with Crippen LogP contribution in [0.15, 0.2) is 109 Å². The van der Waals surface area contributed by atoms with Crippen molar-refractivity contribution in [1.82, 2.24) is 4.98 Å². The number of benzene rings is 4. The zero-order valence-corrected chi connectivity index (χ0v) is 21.1. The van der Waals surface area contributed by atoms with E-state index >= 15 is 0 Å². The van der Waals surface area contributed by atoms with Gasteiger partial charge in [0.1, 0.15) is 0 Å². The van der Waals surface area contributed by atoms with E-state index in [1.165, 1.54) is 53.6 Å². The Hall–Kier alpha value is -3.75. The van der Waals surface area contributed by atoms with Crippen LogP contribution < -0.4 is 0 Å². The number of thiophene rings is 1. The van der Waals surface area contributed by atoms with Gasteiger partial charge in [0.25, 0.3) is 0 Å². The van der Waals surface area contributed by atoms with E-state index in [0.29, 0.717) is 0 Å². The molecule has 0 saturated carbocycles. The monoisotopic (exact) mass is 469 g/mol. The molecule has 0 saturated heterocycles. The van der Waals surface area contributed by atoms with Crippen LogP contribution in [0, 0.1) is 0 Å². The van der Waals surface area contributed by atoms with Crippen LogP contribution in [0.1, 0.15) is 26.3 Å². The molecular formula is C33H27NS. The second-order valence-electron chi connectivity index (χ2n) is 10.1. The first kappa shape index (κ1) is 21.8. The van der Waals surface area contributed by atoms with Crippen molar-refractivity contribution in [3.63, 3.8) is 0 Å². The Morgan fingerprint density at radius 3 is 2.03 bits per heavy atom. The van der Waals surface area contributed by atoms with Gasteiger partial charge in [-0.1, -0.05) is 99.6 Å². The first-order valence-corrected chi connectivity index (χ1v) is 12.9. The molecule has 0 atom stereocenters. The maximum atomic E-state index is 4.75. The van der Waals surface area contributed by atoms with Crippen LogP contribution in [0.2, 0.25) is 0 Å². The van der Waals surface area contributed by atoms with Crippen molar-refractivity contribution >= 4 is 31.5 Å². The molecule has 0 N–H and O–H groups in total. The summed E-state index contributed by atoms with van der Waals surface area (Å²) in [7, 11) is 0. The average molecular weight is 470 g/mol. The molecule has 6 aromatic rings. The minimum atomic E-state index is 0.0940. The van der Waals surface area contributed by atoms with Gasteiger partial charge in [0.05, 0.1) is 5.69 Å². The Labute approximate surface area is 210 Å². The predicted molar refractivity (Wildman–Crippen MR) is 152 cm³/mol. The van der Waals surface area contributed by atoms with Crippen molar-refractivity contribution in [2.75, 3.05) is 0 Å². The van der Waals surface area contributed by atoms with Crippen molar-refractivity contribution in [2.24, 2.45) is 0 Å². The van der Waals surface area contributed by atoms with Crippen LogP contribution >= 0.6 is 11.3 Å². The zero-order valence-electron chi connectivity index (χ0n) is 20.2. The van der Waals surface area contributed by atoms with Gasteiger partial charge in [-0.2, -0.15) is 0 Å². The second-order valence-corrected chi connectivity index (χ2v) is 11.2. The molecule has 0 aliphatic carbocycles. The van der Waals surface area contributed by atoms with Gasteiger partial charge in [-0.15, -0.1) is 11.3 Å². The van der Waals surface area contributed by atoms with Crippen LogP contribution in [0.4, 0.5) is 0 Å². The summed E-state index contributed by atoms with van der Waals surface area (Å²) in [4.78, 5) is 4.75. The molecule has 170 valence electrons. The third-order valence-corrected chi connectivity index (χ3v) is 7.94. The summed E-state index contributed by atoms with van der Waals surface area (Å²) in [5, 5.41) is 2.61. The summed E-state index contributed by atoms with van der Waals surface area (Å²) in [6.07, 6.45) is 1.94. The summed E-state index contributed by atoms with van der Waals surface area (Å²) in [6.45, 7) is 6.75. The topological polar surface area (TPSA) is 12.9 Å². The van der Waals surface area contributed by atoms with Crippen molar-refractivity contribution < 1.29 is 0 Å². The van der Waals surface area contributed by atoms with Crippen LogP contribution in [0.5, 0.6) is 0 Å². The van der Waals surface area contributed by atoms with Crippen molar-refractivity contribution in [1.29, 1.82) is 0 Å². The molecule has 0 amide bonds. The van der Waals surface area contributed by atoms with Gasteiger partial charge >= 0.3 is 0 Å². The number of hydrogen-bond acceptors (Lipinski definition) is 2. The number of rotatable bonds is 3. The van der Waals surface area contributed by atoms with Gasteiger partial charge in [-0.05, 0) is 57.5 Å². The van der Waals surface area contributed by atoms with Crippen molar-refractivity contribution in [3.8, 4) is 33.5 Å². The van der Waals surface area contributed by atoms with Gasteiger partial charge in [0, 0.05) is 31.9 Å². The van der Waals surface area contributed by atoms with E-state index in [1.54, 1.807) is 0 Å². The highest BCUT2D eigenvalue weighted by molar-refractivity contribution is 7.26. The fourth-order valence-corrected chi connectivity index (χ4v) is 5.92. The van der Waals surface area contributed by atoms with Crippen LogP contribution in [-0.2, 0) is 5.41 Å². The first-order chi connectivity index (χ1) is 17.0. The predicted octanol–water partition coefficient (Wildman–Crippen LogP) is 9.75. The maximum Gasteiger partial charge on any atom is 0.0719 e. The number of hydrogen-bond donors (Lipinski definition) is 0. The maximum absolute atomic E-state index is 4.75. The van der Waals surface area contributed by atoms with Crippen LogP contribution in [0.3, 0.4) is 0 Å². The van der Waals surface area contributed by atoms with Crippen molar-refractivity contribution in [2.45, 2.75) is 26.2 Å². The molecule has 0 aliphatic rings. The molecule has 2 heterocycles. The van der Waals surface area contributed by atoms with E-state index in [2.05, 4.69) is 124 Å². The van der Waals surface area contributed by atoms with E-state index < -0.39 is 0 Å². The third-order valence-electron chi connectivity index (χ3n) is 6.72. The smallest absolute Gasteiger partial charge is 0.0719 e. The van der Waals surface area contributed by atoms with Gasteiger partial charge in [0.2, 0.25) is 0 Å². The van der Waals surface area contributed by atoms with E-state index in [0.717, 1.165) is 5.69 Å². The minimum Gasteiger partial charge on any atom is -0.256 e. The molecule has 0 spiro atoms. The van der Waals surface area contributed by atoms with E-state index in [-0.39, 0.29) is 5.41 Å². The Morgan fingerprint density at radius 1 is 0.600 bits per heavy atom. The summed E-state index contributed by atoms with van der Waals surface area (Å²) < 4.78 is 2.61. The van der Waals surface area contributed by atoms with E-state index in [9.17, 15) is 0 Å². The molecule has 1 nitrogen and oxygen atoms in total. The quantitative estimate of drug-likeness (QED) is 0.251. The number of fused-ring (bicyclic) bond motifs is 3. The highest BCUT2D eigenvalue weighted by atomic mass is 32.1. The highest BCUT2D eigenvalue weighted by Crippen LogP contribution is 2.41. The molecule has 6 rings (SSSR count). The molecule has 4 aromatic carbocycles. The third kappa shape index (κ3) is 4.05. The highest BCUT2D eigenvalue weighted by Gasteiger charge is 2.17. The molecule has 0 radical (unpaired) electrons. The Balaban J connectivity index is 1.43. The average Bonchev–Trinajstić information content (AvgIpc) is 3.27. The zero-order chi connectivity index (χ0) is 24.0. The number of pyridine rings is 1. The lowest BCUT2D eigenvalue weighted by Crippen LogP contribution is -2.11. The van der Waals surface area contributed by atoms with Crippen LogP contribution in [0.25, 0.3) is 53.7 Å². The lowest BCUT2D eigenvalue weighted by atomic mass is 9.87. The summed E-state index contributed by atoms with van der Waals surface area (Å²) in [5.74, 6) is 0. The minimum absolute atomic E-state index is 0.0940. The normalized spacial score (nSPS) is 11.9. The van der Waals surface area contributed by atoms with Gasteiger partial charge in [-0.25, -0.2) is 0 Å². The largest absolute Gasteiger partial charge is 0.256 e. The van der Waals surface area contributed by atoms with Gasteiger partial charge in [0.15, 0.2) is 0 Å². The Kier molecular flexibility index (Phi) is 5.27. The molecule has 0 fully saturated rings. The van der Waals surface area contributed by atoms with E-state index in [4.69, 9.17) is 4.98 Å². The molecule has 0 bridgehead atoms. The molecular weight excluding hydrogens is 442 g/mol. The summed E-state index contributed by atoms with van der Waals surface area (Å²) in [5.41, 5.74) is 8.63. The standard InChI is InChI=1S/C33H27NS/c1-33(2,3)26-18-19-34-30(21-26)28-11-7-10-27-29-20-25(16-17-31(29)35-32(27)28)24-14-12-23(13-15-24)22-8-5-4-6-9-22/h4-21H,1-3H3. The fraction of sp³-hybridized carbons (Fsp3) is 0.121. The first-order valence-electron chi connectivity index (χ1n) is 12.1. The molecule has 2 aromatic heterocycles. The summed E-state index contributed by atoms with van der Waals surface area (Å²) >= 11 is 1.86.